The van der Waals surface area contributed by atoms with Gasteiger partial charge in [-0.1, -0.05) is 59.8 Å². The fourth-order valence-corrected chi connectivity index (χ4v) is 3.72. The number of hydrogen-bond acceptors (Lipinski definition) is 1. The first-order valence-corrected chi connectivity index (χ1v) is 8.80. The maximum Gasteiger partial charge on any atom is 0.0103 e. The molecule has 4 unspecified atom stereocenters. The van der Waals surface area contributed by atoms with Crippen molar-refractivity contribution in [3.63, 3.8) is 0 Å². The van der Waals surface area contributed by atoms with E-state index in [4.69, 9.17) is 0 Å². The van der Waals surface area contributed by atoms with Gasteiger partial charge in [0, 0.05) is 12.1 Å². The lowest BCUT2D eigenvalue weighted by Crippen LogP contribution is -2.46. The normalized spacial score (nSPS) is 29.7. The van der Waals surface area contributed by atoms with Crippen LogP contribution in [0.15, 0.2) is 0 Å². The summed E-state index contributed by atoms with van der Waals surface area (Å²) >= 11 is 0. The van der Waals surface area contributed by atoms with E-state index in [-0.39, 0.29) is 0 Å². The van der Waals surface area contributed by atoms with Gasteiger partial charge in [0.1, 0.15) is 0 Å². The number of rotatable bonds is 8. The number of unbranched alkanes of at least 4 members (excludes halogenated alkanes) is 3. The smallest absolute Gasteiger partial charge is 0.0103 e. The molecule has 0 aromatic carbocycles. The second-order valence-corrected chi connectivity index (χ2v) is 7.35. The molecule has 0 saturated heterocycles. The summed E-state index contributed by atoms with van der Waals surface area (Å²) in [6.07, 6.45) is 11.2. The Morgan fingerprint density at radius 3 is 2.42 bits per heavy atom. The van der Waals surface area contributed by atoms with Gasteiger partial charge in [0.25, 0.3) is 0 Å². The highest BCUT2D eigenvalue weighted by Crippen LogP contribution is 2.33. The fourth-order valence-electron chi connectivity index (χ4n) is 3.72. The standard InChI is InChI=1S/C18H37N/c1-6-7-8-9-10-16(5)19-18-13-15(4)11-12-17(18)14(2)3/h14-19H,6-13H2,1-5H3. The van der Waals surface area contributed by atoms with E-state index >= 15 is 0 Å². The third-order valence-corrected chi connectivity index (χ3v) is 5.01. The number of hydrogen-bond donors (Lipinski definition) is 1. The Bertz CT molecular complexity index is 224. The molecule has 114 valence electrons. The van der Waals surface area contributed by atoms with Crippen LogP contribution < -0.4 is 5.32 Å². The summed E-state index contributed by atoms with van der Waals surface area (Å²) in [6.45, 7) is 11.9. The van der Waals surface area contributed by atoms with E-state index in [1.165, 1.54) is 51.4 Å². The molecule has 0 aromatic heterocycles. The van der Waals surface area contributed by atoms with Crippen molar-refractivity contribution in [1.29, 1.82) is 0 Å². The summed E-state index contributed by atoms with van der Waals surface area (Å²) in [4.78, 5) is 0. The number of nitrogens with one attached hydrogen (secondary N) is 1. The molecule has 1 aliphatic carbocycles. The maximum atomic E-state index is 3.96. The molecule has 4 atom stereocenters. The molecule has 19 heavy (non-hydrogen) atoms. The Morgan fingerprint density at radius 1 is 1.05 bits per heavy atom. The molecule has 0 aromatic rings. The Hall–Kier alpha value is -0.0400. The van der Waals surface area contributed by atoms with Crippen LogP contribution in [0.5, 0.6) is 0 Å². The van der Waals surface area contributed by atoms with Crippen molar-refractivity contribution in [3.8, 4) is 0 Å². The molecule has 0 heterocycles. The molecule has 0 spiro atoms. The summed E-state index contributed by atoms with van der Waals surface area (Å²) in [6, 6.07) is 1.47. The highest BCUT2D eigenvalue weighted by atomic mass is 15.0. The highest BCUT2D eigenvalue weighted by Gasteiger charge is 2.30. The molecule has 0 bridgehead atoms. The van der Waals surface area contributed by atoms with Crippen LogP contribution in [0.2, 0.25) is 0 Å². The molecule has 1 N–H and O–H groups in total. The lowest BCUT2D eigenvalue weighted by atomic mass is 9.74. The third-order valence-electron chi connectivity index (χ3n) is 5.01. The molecular formula is C18H37N. The van der Waals surface area contributed by atoms with Crippen LogP contribution >= 0.6 is 0 Å². The minimum absolute atomic E-state index is 0.702. The van der Waals surface area contributed by atoms with Crippen molar-refractivity contribution < 1.29 is 0 Å². The predicted octanol–water partition coefficient (Wildman–Crippen LogP) is 5.40. The van der Waals surface area contributed by atoms with Gasteiger partial charge in [-0.3, -0.25) is 0 Å². The van der Waals surface area contributed by atoms with Gasteiger partial charge in [-0.15, -0.1) is 0 Å². The Labute approximate surface area is 121 Å². The van der Waals surface area contributed by atoms with Gasteiger partial charge in [-0.25, -0.2) is 0 Å². The van der Waals surface area contributed by atoms with E-state index in [0.717, 1.165) is 23.8 Å². The van der Waals surface area contributed by atoms with Gasteiger partial charge in [0.2, 0.25) is 0 Å². The lowest BCUT2D eigenvalue weighted by molar-refractivity contribution is 0.159. The minimum Gasteiger partial charge on any atom is -0.311 e. The van der Waals surface area contributed by atoms with Crippen molar-refractivity contribution >= 4 is 0 Å². The second-order valence-electron chi connectivity index (χ2n) is 7.35. The average Bonchev–Trinajstić information content (AvgIpc) is 2.34. The van der Waals surface area contributed by atoms with Gasteiger partial charge in [-0.2, -0.15) is 0 Å². The fraction of sp³-hybridized carbons (Fsp3) is 1.00. The summed E-state index contributed by atoms with van der Waals surface area (Å²) in [5.74, 6) is 2.64. The Kier molecular flexibility index (Phi) is 8.06. The van der Waals surface area contributed by atoms with Gasteiger partial charge >= 0.3 is 0 Å². The van der Waals surface area contributed by atoms with E-state index < -0.39 is 0 Å². The quantitative estimate of drug-likeness (QED) is 0.581. The zero-order chi connectivity index (χ0) is 14.3. The third kappa shape index (κ3) is 6.29. The zero-order valence-electron chi connectivity index (χ0n) is 14.0. The van der Waals surface area contributed by atoms with Crippen LogP contribution in [0, 0.1) is 17.8 Å². The van der Waals surface area contributed by atoms with Crippen molar-refractivity contribution in [2.24, 2.45) is 17.8 Å². The first-order valence-electron chi connectivity index (χ1n) is 8.80. The molecule has 1 fully saturated rings. The van der Waals surface area contributed by atoms with Gasteiger partial charge in [0.05, 0.1) is 0 Å². The highest BCUT2D eigenvalue weighted by molar-refractivity contribution is 4.86. The van der Waals surface area contributed by atoms with Gasteiger partial charge in [-0.05, 0) is 43.9 Å². The minimum atomic E-state index is 0.702. The van der Waals surface area contributed by atoms with Crippen molar-refractivity contribution in [2.75, 3.05) is 0 Å². The van der Waals surface area contributed by atoms with Crippen LogP contribution in [0.3, 0.4) is 0 Å². The van der Waals surface area contributed by atoms with Crippen LogP contribution in [0.1, 0.15) is 86.0 Å². The molecule has 0 aliphatic heterocycles. The summed E-state index contributed by atoms with van der Waals surface area (Å²) in [7, 11) is 0. The summed E-state index contributed by atoms with van der Waals surface area (Å²) in [5, 5.41) is 3.96. The Morgan fingerprint density at radius 2 is 1.79 bits per heavy atom. The van der Waals surface area contributed by atoms with E-state index in [1.807, 2.05) is 0 Å². The van der Waals surface area contributed by atoms with Crippen molar-refractivity contribution in [3.05, 3.63) is 0 Å². The van der Waals surface area contributed by atoms with E-state index in [9.17, 15) is 0 Å². The lowest BCUT2D eigenvalue weighted by Gasteiger charge is -2.39. The summed E-state index contributed by atoms with van der Waals surface area (Å²) in [5.41, 5.74) is 0. The van der Waals surface area contributed by atoms with Crippen LogP contribution in [0.25, 0.3) is 0 Å². The van der Waals surface area contributed by atoms with Crippen molar-refractivity contribution in [2.45, 2.75) is 98.1 Å². The Balaban J connectivity index is 2.34. The van der Waals surface area contributed by atoms with Crippen LogP contribution in [0.4, 0.5) is 0 Å². The zero-order valence-corrected chi connectivity index (χ0v) is 14.0. The van der Waals surface area contributed by atoms with Gasteiger partial charge in [0.15, 0.2) is 0 Å². The second kappa shape index (κ2) is 9.00. The largest absolute Gasteiger partial charge is 0.311 e. The van der Waals surface area contributed by atoms with Crippen LogP contribution in [-0.4, -0.2) is 12.1 Å². The molecular weight excluding hydrogens is 230 g/mol. The average molecular weight is 268 g/mol. The molecule has 0 amide bonds. The molecule has 1 saturated carbocycles. The predicted molar refractivity (Wildman–Crippen MR) is 86.5 cm³/mol. The van der Waals surface area contributed by atoms with Crippen molar-refractivity contribution in [1.82, 2.24) is 5.32 Å². The molecule has 1 aliphatic rings. The molecule has 1 rings (SSSR count). The molecule has 1 heteroatoms. The molecule has 0 radical (unpaired) electrons. The molecule has 1 nitrogen and oxygen atoms in total. The van der Waals surface area contributed by atoms with E-state index in [2.05, 4.69) is 39.9 Å². The monoisotopic (exact) mass is 267 g/mol. The summed E-state index contributed by atoms with van der Waals surface area (Å²) < 4.78 is 0. The van der Waals surface area contributed by atoms with Crippen LogP contribution in [-0.2, 0) is 0 Å². The van der Waals surface area contributed by atoms with E-state index in [1.54, 1.807) is 0 Å². The van der Waals surface area contributed by atoms with E-state index in [0.29, 0.717) is 6.04 Å². The van der Waals surface area contributed by atoms with Gasteiger partial charge < -0.3 is 5.32 Å². The SMILES string of the molecule is CCCCCCC(C)NC1CC(C)CCC1C(C)C. The first-order chi connectivity index (χ1) is 9.04. The first kappa shape index (κ1) is 17.0. The maximum absolute atomic E-state index is 3.96. The topological polar surface area (TPSA) is 12.0 Å².